The standard InChI is InChI=1S/C23H24N2O3/c1-16-13-19(11-12-25(16)2)22(26)24-21-8-4-6-18(15-21)10-9-17-5-3-7-20(14-17)23(27)28/h3-8,14-16,19H,11-13H2,1-2H3,(H,24,26)(H,27,28)/t16-,19-/m0/s1. The number of nitrogens with zero attached hydrogens (tertiary/aromatic N) is 1. The predicted molar refractivity (Wildman–Crippen MR) is 109 cm³/mol. The average Bonchev–Trinajstić information content (AvgIpc) is 2.69. The summed E-state index contributed by atoms with van der Waals surface area (Å²) >= 11 is 0. The number of hydrogen-bond donors (Lipinski definition) is 2. The van der Waals surface area contributed by atoms with Crippen molar-refractivity contribution < 1.29 is 14.7 Å². The Morgan fingerprint density at radius 3 is 2.46 bits per heavy atom. The van der Waals surface area contributed by atoms with E-state index in [1.54, 1.807) is 18.2 Å². The molecule has 1 saturated heterocycles. The highest BCUT2D eigenvalue weighted by atomic mass is 16.4. The Bertz CT molecular complexity index is 942. The maximum absolute atomic E-state index is 12.6. The van der Waals surface area contributed by atoms with E-state index in [2.05, 4.69) is 36.0 Å². The van der Waals surface area contributed by atoms with E-state index >= 15 is 0 Å². The Morgan fingerprint density at radius 2 is 1.79 bits per heavy atom. The Balaban J connectivity index is 1.69. The Morgan fingerprint density at radius 1 is 1.11 bits per heavy atom. The quantitative estimate of drug-likeness (QED) is 0.805. The third-order valence-corrected chi connectivity index (χ3v) is 5.17. The van der Waals surface area contributed by atoms with E-state index in [0.717, 1.165) is 30.6 Å². The number of amides is 1. The molecule has 28 heavy (non-hydrogen) atoms. The molecule has 2 aromatic carbocycles. The fourth-order valence-corrected chi connectivity index (χ4v) is 3.32. The van der Waals surface area contributed by atoms with Gasteiger partial charge in [-0.3, -0.25) is 4.79 Å². The number of hydrogen-bond acceptors (Lipinski definition) is 3. The van der Waals surface area contributed by atoms with Crippen LogP contribution in [0.15, 0.2) is 48.5 Å². The molecule has 1 aliphatic heterocycles. The monoisotopic (exact) mass is 376 g/mol. The minimum Gasteiger partial charge on any atom is -0.478 e. The Hall–Kier alpha value is -3.10. The van der Waals surface area contributed by atoms with Crippen molar-refractivity contribution in [2.45, 2.75) is 25.8 Å². The van der Waals surface area contributed by atoms with Gasteiger partial charge in [-0.15, -0.1) is 0 Å². The summed E-state index contributed by atoms with van der Waals surface area (Å²) in [4.78, 5) is 25.9. The first-order valence-electron chi connectivity index (χ1n) is 9.39. The van der Waals surface area contributed by atoms with Crippen molar-refractivity contribution in [2.24, 2.45) is 5.92 Å². The summed E-state index contributed by atoms with van der Waals surface area (Å²) in [6.45, 7) is 3.08. The van der Waals surface area contributed by atoms with Crippen LogP contribution in [0.5, 0.6) is 0 Å². The first-order chi connectivity index (χ1) is 13.4. The number of anilines is 1. The predicted octanol–water partition coefficient (Wildman–Crippen LogP) is 3.45. The van der Waals surface area contributed by atoms with E-state index in [4.69, 9.17) is 5.11 Å². The van der Waals surface area contributed by atoms with Crippen LogP contribution in [0.1, 0.15) is 41.3 Å². The third-order valence-electron chi connectivity index (χ3n) is 5.17. The number of nitrogens with one attached hydrogen (secondary N) is 1. The van der Waals surface area contributed by atoms with Gasteiger partial charge in [-0.1, -0.05) is 24.0 Å². The normalized spacial score (nSPS) is 19.4. The van der Waals surface area contributed by atoms with Crippen LogP contribution in [-0.4, -0.2) is 41.5 Å². The number of carbonyl (C=O) groups is 2. The second-order valence-electron chi connectivity index (χ2n) is 7.26. The number of benzene rings is 2. The number of carboxylic acids is 1. The lowest BCUT2D eigenvalue weighted by Crippen LogP contribution is -2.41. The van der Waals surface area contributed by atoms with Crippen LogP contribution in [0.25, 0.3) is 0 Å². The van der Waals surface area contributed by atoms with E-state index in [-0.39, 0.29) is 17.4 Å². The van der Waals surface area contributed by atoms with Crippen LogP contribution in [0.4, 0.5) is 5.69 Å². The van der Waals surface area contributed by atoms with Gasteiger partial charge in [0.15, 0.2) is 0 Å². The third kappa shape index (κ3) is 4.99. The molecule has 0 radical (unpaired) electrons. The highest BCUT2D eigenvalue weighted by molar-refractivity contribution is 5.92. The molecule has 144 valence electrons. The van der Waals surface area contributed by atoms with Crippen LogP contribution < -0.4 is 5.32 Å². The van der Waals surface area contributed by atoms with Crippen LogP contribution >= 0.6 is 0 Å². The second-order valence-corrected chi connectivity index (χ2v) is 7.26. The zero-order chi connectivity index (χ0) is 20.1. The SMILES string of the molecule is C[C@H]1C[C@@H](C(=O)Nc2cccc(C#Cc3cccc(C(=O)O)c3)c2)CCN1C. The van der Waals surface area contributed by atoms with Crippen molar-refractivity contribution >= 4 is 17.6 Å². The van der Waals surface area contributed by atoms with Crippen molar-refractivity contribution in [2.75, 3.05) is 18.9 Å². The first-order valence-corrected chi connectivity index (χ1v) is 9.39. The maximum Gasteiger partial charge on any atom is 0.335 e. The Kier molecular flexibility index (Phi) is 6.13. The summed E-state index contributed by atoms with van der Waals surface area (Å²) < 4.78 is 0. The smallest absolute Gasteiger partial charge is 0.335 e. The van der Waals surface area contributed by atoms with Gasteiger partial charge < -0.3 is 15.3 Å². The van der Waals surface area contributed by atoms with Gasteiger partial charge in [0.25, 0.3) is 0 Å². The highest BCUT2D eigenvalue weighted by Crippen LogP contribution is 2.23. The molecule has 1 heterocycles. The molecular weight excluding hydrogens is 352 g/mol. The van der Waals surface area contributed by atoms with E-state index in [1.807, 2.05) is 24.3 Å². The molecule has 1 fully saturated rings. The zero-order valence-electron chi connectivity index (χ0n) is 16.1. The summed E-state index contributed by atoms with van der Waals surface area (Å²) in [5.74, 6) is 5.12. The molecular formula is C23H24N2O3. The molecule has 5 nitrogen and oxygen atoms in total. The zero-order valence-corrected chi connectivity index (χ0v) is 16.1. The second kappa shape index (κ2) is 8.73. The Labute approximate surface area is 165 Å². The van der Waals surface area contributed by atoms with Crippen molar-refractivity contribution in [3.05, 3.63) is 65.2 Å². The fraction of sp³-hybridized carbons (Fsp3) is 0.304. The van der Waals surface area contributed by atoms with Crippen molar-refractivity contribution in [3.8, 4) is 11.8 Å². The lowest BCUT2D eigenvalue weighted by atomic mass is 9.91. The minimum absolute atomic E-state index is 0.0275. The minimum atomic E-state index is -0.975. The van der Waals surface area contributed by atoms with Crippen molar-refractivity contribution in [1.29, 1.82) is 0 Å². The largest absolute Gasteiger partial charge is 0.478 e. The molecule has 2 aromatic rings. The van der Waals surface area contributed by atoms with E-state index in [9.17, 15) is 9.59 Å². The fourth-order valence-electron chi connectivity index (χ4n) is 3.32. The maximum atomic E-state index is 12.6. The van der Waals surface area contributed by atoms with E-state index in [1.165, 1.54) is 6.07 Å². The van der Waals surface area contributed by atoms with Gasteiger partial charge in [-0.05, 0) is 69.8 Å². The summed E-state index contributed by atoms with van der Waals surface area (Å²) in [6, 6.07) is 14.3. The summed E-state index contributed by atoms with van der Waals surface area (Å²) in [5, 5.41) is 12.1. The van der Waals surface area contributed by atoms with Gasteiger partial charge in [-0.25, -0.2) is 4.79 Å². The summed E-state index contributed by atoms with van der Waals surface area (Å²) in [6.07, 6.45) is 1.73. The number of likely N-dealkylation sites (tertiary alicyclic amines) is 1. The molecule has 0 bridgehead atoms. The molecule has 0 aromatic heterocycles. The van der Waals surface area contributed by atoms with Crippen molar-refractivity contribution in [1.82, 2.24) is 4.90 Å². The topological polar surface area (TPSA) is 69.6 Å². The van der Waals surface area contributed by atoms with Gasteiger partial charge in [0.05, 0.1) is 5.56 Å². The molecule has 0 unspecified atom stereocenters. The van der Waals surface area contributed by atoms with Crippen molar-refractivity contribution in [3.63, 3.8) is 0 Å². The lowest BCUT2D eigenvalue weighted by molar-refractivity contribution is -0.121. The molecule has 5 heteroatoms. The van der Waals surface area contributed by atoms with E-state index in [0.29, 0.717) is 11.6 Å². The molecule has 3 rings (SSSR count). The number of rotatable bonds is 3. The van der Waals surface area contributed by atoms with Crippen LogP contribution in [0.2, 0.25) is 0 Å². The number of carbonyl (C=O) groups excluding carboxylic acids is 1. The molecule has 1 amide bonds. The van der Waals surface area contributed by atoms with Gasteiger partial charge in [0, 0.05) is 28.8 Å². The van der Waals surface area contributed by atoms with Gasteiger partial charge in [-0.2, -0.15) is 0 Å². The lowest BCUT2D eigenvalue weighted by Gasteiger charge is -2.34. The number of piperidine rings is 1. The van der Waals surface area contributed by atoms with E-state index < -0.39 is 5.97 Å². The average molecular weight is 376 g/mol. The molecule has 1 aliphatic rings. The van der Waals surface area contributed by atoms with Crippen LogP contribution in [0.3, 0.4) is 0 Å². The molecule has 0 saturated carbocycles. The van der Waals surface area contributed by atoms with Crippen LogP contribution in [-0.2, 0) is 4.79 Å². The molecule has 0 aliphatic carbocycles. The highest BCUT2D eigenvalue weighted by Gasteiger charge is 2.27. The van der Waals surface area contributed by atoms with Crippen LogP contribution in [0, 0.1) is 17.8 Å². The summed E-state index contributed by atoms with van der Waals surface area (Å²) in [5.41, 5.74) is 2.33. The molecule has 0 spiro atoms. The first kappa shape index (κ1) is 19.7. The van der Waals surface area contributed by atoms with Gasteiger partial charge in [0.1, 0.15) is 0 Å². The van der Waals surface area contributed by atoms with Gasteiger partial charge in [0.2, 0.25) is 5.91 Å². The number of aromatic carboxylic acids is 1. The van der Waals surface area contributed by atoms with Gasteiger partial charge >= 0.3 is 5.97 Å². The number of carboxylic acid groups (broad SMARTS) is 1. The molecule has 2 N–H and O–H groups in total. The summed E-state index contributed by atoms with van der Waals surface area (Å²) in [7, 11) is 2.09. The molecule has 2 atom stereocenters.